The second kappa shape index (κ2) is 8.06. The van der Waals surface area contributed by atoms with E-state index in [0.29, 0.717) is 19.6 Å². The quantitative estimate of drug-likeness (QED) is 0.846. The Kier molecular flexibility index (Phi) is 5.59. The van der Waals surface area contributed by atoms with Crippen molar-refractivity contribution in [1.82, 2.24) is 9.88 Å². The van der Waals surface area contributed by atoms with Crippen LogP contribution in [-0.4, -0.2) is 35.0 Å². The number of pyridine rings is 1. The summed E-state index contributed by atoms with van der Waals surface area (Å²) in [4.78, 5) is 19.1. The highest BCUT2D eigenvalue weighted by atomic mass is 16.5. The van der Waals surface area contributed by atoms with Crippen LogP contribution in [0, 0.1) is 0 Å². The number of aromatic nitrogens is 1. The predicted molar refractivity (Wildman–Crippen MR) is 93.5 cm³/mol. The maximum atomic E-state index is 12.8. The van der Waals surface area contributed by atoms with Crippen LogP contribution in [0.5, 0.6) is 0 Å². The van der Waals surface area contributed by atoms with Gasteiger partial charge in [-0.3, -0.25) is 9.78 Å². The molecule has 0 saturated carbocycles. The summed E-state index contributed by atoms with van der Waals surface area (Å²) in [5.74, 6) is 0.204. The van der Waals surface area contributed by atoms with Gasteiger partial charge in [-0.25, -0.2) is 0 Å². The number of benzene rings is 1. The van der Waals surface area contributed by atoms with Gasteiger partial charge < -0.3 is 9.64 Å². The topological polar surface area (TPSA) is 42.4 Å². The molecule has 0 N–H and O–H groups in total. The first kappa shape index (κ1) is 16.7. The molecular formula is C20H24N2O2. The molecule has 0 spiro atoms. The van der Waals surface area contributed by atoms with E-state index in [4.69, 9.17) is 4.74 Å². The fourth-order valence-electron chi connectivity index (χ4n) is 3.14. The number of hydrogen-bond donors (Lipinski definition) is 0. The third-order valence-electron chi connectivity index (χ3n) is 4.42. The Bertz CT molecular complexity index is 645. The summed E-state index contributed by atoms with van der Waals surface area (Å²) in [6.07, 6.45) is 4.09. The third-order valence-corrected chi connectivity index (χ3v) is 4.42. The minimum absolute atomic E-state index is 0.0183. The van der Waals surface area contributed by atoms with Crippen LogP contribution < -0.4 is 0 Å². The van der Waals surface area contributed by atoms with Crippen LogP contribution in [0.1, 0.15) is 37.1 Å². The van der Waals surface area contributed by atoms with E-state index >= 15 is 0 Å². The van der Waals surface area contributed by atoms with E-state index in [1.165, 1.54) is 0 Å². The van der Waals surface area contributed by atoms with Crippen LogP contribution in [-0.2, 0) is 16.0 Å². The molecule has 1 fully saturated rings. The first-order chi connectivity index (χ1) is 11.7. The lowest BCUT2D eigenvalue weighted by Crippen LogP contribution is -2.46. The highest BCUT2D eigenvalue weighted by molar-refractivity contribution is 5.77. The molecule has 4 nitrogen and oxygen atoms in total. The number of rotatable bonds is 5. The van der Waals surface area contributed by atoms with E-state index in [2.05, 4.69) is 17.1 Å². The molecule has 1 aliphatic heterocycles. The molecule has 1 aliphatic rings. The molecule has 0 radical (unpaired) electrons. The molecule has 1 aromatic heterocycles. The number of aryl methyl sites for hydroxylation is 1. The van der Waals surface area contributed by atoms with Gasteiger partial charge in [-0.05, 0) is 37.5 Å². The van der Waals surface area contributed by atoms with E-state index in [9.17, 15) is 4.79 Å². The number of carbonyl (C=O) groups is 1. The number of carbonyl (C=O) groups excluding carboxylic acids is 1. The molecular weight excluding hydrogens is 300 g/mol. The van der Waals surface area contributed by atoms with Crippen LogP contribution in [0.2, 0.25) is 0 Å². The lowest BCUT2D eigenvalue weighted by Gasteiger charge is -2.39. The average Bonchev–Trinajstić information content (AvgIpc) is 2.63. The van der Waals surface area contributed by atoms with E-state index in [-0.39, 0.29) is 18.1 Å². The molecule has 1 amide bonds. The molecule has 0 aliphatic carbocycles. The lowest BCUT2D eigenvalue weighted by atomic mass is 10.0. The van der Waals surface area contributed by atoms with Crippen molar-refractivity contribution < 1.29 is 9.53 Å². The Balaban J connectivity index is 1.62. The molecule has 2 unspecified atom stereocenters. The van der Waals surface area contributed by atoms with Crippen molar-refractivity contribution >= 4 is 5.91 Å². The molecule has 126 valence electrons. The Morgan fingerprint density at radius 1 is 1.21 bits per heavy atom. The second-order valence-corrected chi connectivity index (χ2v) is 6.29. The van der Waals surface area contributed by atoms with Gasteiger partial charge >= 0.3 is 0 Å². The van der Waals surface area contributed by atoms with Gasteiger partial charge in [-0.1, -0.05) is 36.4 Å². The molecule has 4 heteroatoms. The van der Waals surface area contributed by atoms with E-state index in [1.54, 1.807) is 6.20 Å². The maximum absolute atomic E-state index is 12.8. The lowest BCUT2D eigenvalue weighted by molar-refractivity contribution is -0.144. The molecule has 2 heterocycles. The monoisotopic (exact) mass is 324 g/mol. The molecule has 0 bridgehead atoms. The van der Waals surface area contributed by atoms with Crippen LogP contribution in [0.15, 0.2) is 54.7 Å². The molecule has 2 atom stereocenters. The SMILES string of the molecule is CC1CN(C(=O)CCCc2ccccn2)C(c2ccccc2)CO1. The Morgan fingerprint density at radius 3 is 2.75 bits per heavy atom. The second-order valence-electron chi connectivity index (χ2n) is 6.29. The summed E-state index contributed by atoms with van der Waals surface area (Å²) in [6.45, 7) is 3.24. The highest BCUT2D eigenvalue weighted by Gasteiger charge is 2.31. The first-order valence-electron chi connectivity index (χ1n) is 8.60. The van der Waals surface area contributed by atoms with Crippen molar-refractivity contribution in [3.8, 4) is 0 Å². The third kappa shape index (κ3) is 4.20. The molecule has 2 aromatic rings. The zero-order chi connectivity index (χ0) is 16.8. The van der Waals surface area contributed by atoms with Crippen LogP contribution >= 0.6 is 0 Å². The molecule has 3 rings (SSSR count). The summed E-state index contributed by atoms with van der Waals surface area (Å²) in [5, 5.41) is 0. The van der Waals surface area contributed by atoms with E-state index in [1.807, 2.05) is 48.2 Å². The number of amides is 1. The summed E-state index contributed by atoms with van der Waals surface area (Å²) in [7, 11) is 0. The minimum atomic E-state index is 0.0183. The van der Waals surface area contributed by atoms with Gasteiger partial charge in [0.2, 0.25) is 5.91 Å². The van der Waals surface area contributed by atoms with E-state index < -0.39 is 0 Å². The van der Waals surface area contributed by atoms with Gasteiger partial charge in [-0.2, -0.15) is 0 Å². The van der Waals surface area contributed by atoms with Gasteiger partial charge in [0.15, 0.2) is 0 Å². The Hall–Kier alpha value is -2.20. The Labute approximate surface area is 143 Å². The highest BCUT2D eigenvalue weighted by Crippen LogP contribution is 2.27. The molecule has 1 aromatic carbocycles. The van der Waals surface area contributed by atoms with Crippen molar-refractivity contribution in [3.05, 3.63) is 66.0 Å². The number of hydrogen-bond acceptors (Lipinski definition) is 3. The fraction of sp³-hybridized carbons (Fsp3) is 0.400. The smallest absolute Gasteiger partial charge is 0.223 e. The molecule has 1 saturated heterocycles. The maximum Gasteiger partial charge on any atom is 0.223 e. The summed E-state index contributed by atoms with van der Waals surface area (Å²) >= 11 is 0. The van der Waals surface area contributed by atoms with Crippen molar-refractivity contribution in [2.45, 2.75) is 38.3 Å². The van der Waals surface area contributed by atoms with Crippen molar-refractivity contribution in [2.75, 3.05) is 13.2 Å². The fourth-order valence-corrected chi connectivity index (χ4v) is 3.14. The normalized spacial score (nSPS) is 20.8. The van der Waals surface area contributed by atoms with Crippen molar-refractivity contribution in [1.29, 1.82) is 0 Å². The van der Waals surface area contributed by atoms with E-state index in [0.717, 1.165) is 24.1 Å². The summed E-state index contributed by atoms with van der Waals surface area (Å²) in [6, 6.07) is 16.1. The largest absolute Gasteiger partial charge is 0.374 e. The van der Waals surface area contributed by atoms with Gasteiger partial charge in [-0.15, -0.1) is 0 Å². The van der Waals surface area contributed by atoms with Gasteiger partial charge in [0.05, 0.1) is 18.8 Å². The number of morpholine rings is 1. The van der Waals surface area contributed by atoms with Crippen LogP contribution in [0.4, 0.5) is 0 Å². The average molecular weight is 324 g/mol. The van der Waals surface area contributed by atoms with Crippen molar-refractivity contribution in [3.63, 3.8) is 0 Å². The van der Waals surface area contributed by atoms with Gasteiger partial charge in [0.1, 0.15) is 0 Å². The van der Waals surface area contributed by atoms with Crippen LogP contribution in [0.25, 0.3) is 0 Å². The number of nitrogens with zero attached hydrogens (tertiary/aromatic N) is 2. The van der Waals surface area contributed by atoms with Crippen molar-refractivity contribution in [2.24, 2.45) is 0 Å². The summed E-state index contributed by atoms with van der Waals surface area (Å²) < 4.78 is 5.80. The van der Waals surface area contributed by atoms with Crippen LogP contribution in [0.3, 0.4) is 0 Å². The minimum Gasteiger partial charge on any atom is -0.374 e. The Morgan fingerprint density at radius 2 is 2.00 bits per heavy atom. The first-order valence-corrected chi connectivity index (χ1v) is 8.60. The van der Waals surface area contributed by atoms with Gasteiger partial charge in [0, 0.05) is 24.9 Å². The standard InChI is InChI=1S/C20H24N2O2/c1-16-14-22(19(15-24-16)17-8-3-2-4-9-17)20(23)12-7-11-18-10-5-6-13-21-18/h2-6,8-10,13,16,19H,7,11-12,14-15H2,1H3. The predicted octanol–water partition coefficient (Wildman–Crippen LogP) is 3.39. The summed E-state index contributed by atoms with van der Waals surface area (Å²) in [5.41, 5.74) is 2.18. The van der Waals surface area contributed by atoms with Gasteiger partial charge in [0.25, 0.3) is 0 Å². The number of ether oxygens (including phenoxy) is 1. The zero-order valence-electron chi connectivity index (χ0n) is 14.1. The zero-order valence-corrected chi connectivity index (χ0v) is 14.1. The molecule has 24 heavy (non-hydrogen) atoms.